The van der Waals surface area contributed by atoms with Gasteiger partial charge in [-0.15, -0.1) is 21.5 Å². The highest BCUT2D eigenvalue weighted by Gasteiger charge is 2.17. The van der Waals surface area contributed by atoms with Crippen molar-refractivity contribution < 1.29 is 0 Å². The Morgan fingerprint density at radius 1 is 1.23 bits per heavy atom. The maximum Gasteiger partial charge on any atom is 0.235 e. The Bertz CT molecular complexity index is 915. The van der Waals surface area contributed by atoms with E-state index in [2.05, 4.69) is 28.3 Å². The van der Waals surface area contributed by atoms with Gasteiger partial charge in [0.1, 0.15) is 0 Å². The Morgan fingerprint density at radius 3 is 2.91 bits per heavy atom. The van der Waals surface area contributed by atoms with E-state index in [0.717, 1.165) is 45.0 Å². The van der Waals surface area contributed by atoms with Crippen molar-refractivity contribution in [2.45, 2.75) is 26.8 Å². The molecule has 0 atom stereocenters. The van der Waals surface area contributed by atoms with Crippen LogP contribution in [0.2, 0.25) is 0 Å². The minimum absolute atomic E-state index is 0.797. The Labute approximate surface area is 135 Å². The summed E-state index contributed by atoms with van der Waals surface area (Å²) in [5.41, 5.74) is 2.06. The summed E-state index contributed by atoms with van der Waals surface area (Å²) in [7, 11) is 0. The van der Waals surface area contributed by atoms with Gasteiger partial charge >= 0.3 is 0 Å². The van der Waals surface area contributed by atoms with Gasteiger partial charge in [-0.2, -0.15) is 14.7 Å². The van der Waals surface area contributed by atoms with Crippen molar-refractivity contribution in [1.29, 1.82) is 0 Å². The van der Waals surface area contributed by atoms with Crippen LogP contribution in [0.1, 0.15) is 19.0 Å². The summed E-state index contributed by atoms with van der Waals surface area (Å²) < 4.78 is 3.84. The first kappa shape index (κ1) is 13.6. The van der Waals surface area contributed by atoms with Crippen molar-refractivity contribution in [2.24, 2.45) is 0 Å². The van der Waals surface area contributed by atoms with Crippen LogP contribution in [0.25, 0.3) is 26.4 Å². The molecule has 4 aromatic heterocycles. The predicted octanol–water partition coefficient (Wildman–Crippen LogP) is 3.50. The summed E-state index contributed by atoms with van der Waals surface area (Å²) in [6, 6.07) is 6.12. The standard InChI is InChI=1S/C14H14N6S2/c1-3-6-19-10(8-9(2)17-19)13-18-20-12(11-5-4-7-21-11)15-16-14(20)22-13/h4-5,7-8H,3,6H2,1-2H3. The maximum atomic E-state index is 4.71. The molecule has 0 aliphatic heterocycles. The number of aryl methyl sites for hydroxylation is 2. The monoisotopic (exact) mass is 330 g/mol. The predicted molar refractivity (Wildman–Crippen MR) is 88.2 cm³/mol. The first-order valence-electron chi connectivity index (χ1n) is 7.07. The van der Waals surface area contributed by atoms with Gasteiger partial charge in [0, 0.05) is 6.54 Å². The summed E-state index contributed by atoms with van der Waals surface area (Å²) in [5.74, 6) is 0.797. The number of hydrogen-bond donors (Lipinski definition) is 0. The molecular weight excluding hydrogens is 316 g/mol. The van der Waals surface area contributed by atoms with Gasteiger partial charge in [-0.25, -0.2) is 0 Å². The molecule has 0 aliphatic carbocycles. The lowest BCUT2D eigenvalue weighted by Crippen LogP contribution is -2.01. The van der Waals surface area contributed by atoms with Crippen molar-refractivity contribution in [1.82, 2.24) is 29.6 Å². The number of hydrogen-bond acceptors (Lipinski definition) is 6. The third kappa shape index (κ3) is 2.15. The minimum atomic E-state index is 0.797. The van der Waals surface area contributed by atoms with E-state index in [0.29, 0.717) is 0 Å². The van der Waals surface area contributed by atoms with E-state index in [9.17, 15) is 0 Å². The SMILES string of the molecule is CCCn1nc(C)cc1-c1nn2c(-c3cccs3)nnc2s1. The van der Waals surface area contributed by atoms with E-state index >= 15 is 0 Å². The molecule has 8 heteroatoms. The molecule has 0 radical (unpaired) electrons. The minimum Gasteiger partial charge on any atom is -0.262 e. The zero-order valence-corrected chi connectivity index (χ0v) is 13.9. The zero-order chi connectivity index (χ0) is 15.1. The molecule has 6 nitrogen and oxygen atoms in total. The molecule has 0 amide bonds. The second-order valence-electron chi connectivity index (χ2n) is 5.00. The van der Waals surface area contributed by atoms with Crippen LogP contribution in [-0.2, 0) is 6.54 Å². The third-order valence-electron chi connectivity index (χ3n) is 3.29. The van der Waals surface area contributed by atoms with Gasteiger partial charge in [0.15, 0.2) is 10.8 Å². The molecule has 22 heavy (non-hydrogen) atoms. The van der Waals surface area contributed by atoms with E-state index in [-0.39, 0.29) is 0 Å². The van der Waals surface area contributed by atoms with Gasteiger partial charge in [-0.05, 0) is 30.9 Å². The van der Waals surface area contributed by atoms with Gasteiger partial charge in [0.2, 0.25) is 4.96 Å². The molecule has 0 fully saturated rings. The fourth-order valence-electron chi connectivity index (χ4n) is 2.38. The van der Waals surface area contributed by atoms with Crippen LogP contribution in [0, 0.1) is 6.92 Å². The lowest BCUT2D eigenvalue weighted by molar-refractivity contribution is 0.603. The molecule has 0 saturated carbocycles. The quantitative estimate of drug-likeness (QED) is 0.574. The smallest absolute Gasteiger partial charge is 0.235 e. The summed E-state index contributed by atoms with van der Waals surface area (Å²) in [6.07, 6.45) is 1.04. The fraction of sp³-hybridized carbons (Fsp3) is 0.286. The largest absolute Gasteiger partial charge is 0.262 e. The van der Waals surface area contributed by atoms with Crippen molar-refractivity contribution >= 4 is 27.6 Å². The van der Waals surface area contributed by atoms with Gasteiger partial charge in [0.05, 0.1) is 16.3 Å². The maximum absolute atomic E-state index is 4.71. The summed E-state index contributed by atoms with van der Waals surface area (Å²) >= 11 is 3.18. The molecule has 0 spiro atoms. The fourth-order valence-corrected chi connectivity index (χ4v) is 3.93. The lowest BCUT2D eigenvalue weighted by Gasteiger charge is -2.01. The van der Waals surface area contributed by atoms with Crippen LogP contribution in [0.5, 0.6) is 0 Å². The van der Waals surface area contributed by atoms with E-state index in [1.165, 1.54) is 0 Å². The van der Waals surface area contributed by atoms with E-state index in [4.69, 9.17) is 5.10 Å². The lowest BCUT2D eigenvalue weighted by atomic mass is 10.4. The van der Waals surface area contributed by atoms with Crippen molar-refractivity contribution in [2.75, 3.05) is 0 Å². The molecule has 0 aliphatic rings. The van der Waals surface area contributed by atoms with Crippen LogP contribution in [0.3, 0.4) is 0 Å². The van der Waals surface area contributed by atoms with Gasteiger partial charge in [-0.3, -0.25) is 4.68 Å². The first-order chi connectivity index (χ1) is 10.8. The highest BCUT2D eigenvalue weighted by Crippen LogP contribution is 2.30. The molecule has 0 saturated heterocycles. The summed E-state index contributed by atoms with van der Waals surface area (Å²) in [6.45, 7) is 5.04. The third-order valence-corrected chi connectivity index (χ3v) is 5.08. The Balaban J connectivity index is 1.84. The summed E-state index contributed by atoms with van der Waals surface area (Å²) in [5, 5.41) is 20.7. The second kappa shape index (κ2) is 5.29. The molecule has 0 bridgehead atoms. The molecule has 0 aromatic carbocycles. The Morgan fingerprint density at radius 2 is 2.14 bits per heavy atom. The van der Waals surface area contributed by atoms with E-state index in [1.54, 1.807) is 22.7 Å². The molecular formula is C14H14N6S2. The Hall–Kier alpha value is -2.06. The van der Waals surface area contributed by atoms with Crippen LogP contribution >= 0.6 is 22.7 Å². The number of aromatic nitrogens is 6. The number of fused-ring (bicyclic) bond motifs is 1. The number of rotatable bonds is 4. The second-order valence-corrected chi connectivity index (χ2v) is 6.90. The van der Waals surface area contributed by atoms with Crippen LogP contribution in [-0.4, -0.2) is 29.6 Å². The van der Waals surface area contributed by atoms with Crippen LogP contribution in [0.4, 0.5) is 0 Å². The van der Waals surface area contributed by atoms with Crippen LogP contribution < -0.4 is 0 Å². The van der Waals surface area contributed by atoms with Crippen LogP contribution in [0.15, 0.2) is 23.6 Å². The molecule has 0 unspecified atom stereocenters. The molecule has 4 aromatic rings. The molecule has 4 heterocycles. The van der Waals surface area contributed by atoms with Crippen molar-refractivity contribution in [3.8, 4) is 21.4 Å². The average molecular weight is 330 g/mol. The highest BCUT2D eigenvalue weighted by molar-refractivity contribution is 7.19. The zero-order valence-electron chi connectivity index (χ0n) is 12.2. The highest BCUT2D eigenvalue weighted by atomic mass is 32.1. The van der Waals surface area contributed by atoms with Gasteiger partial charge < -0.3 is 0 Å². The molecule has 0 N–H and O–H groups in total. The number of nitrogens with zero attached hydrogens (tertiary/aromatic N) is 6. The van der Waals surface area contributed by atoms with Crippen molar-refractivity contribution in [3.05, 3.63) is 29.3 Å². The number of thiophene rings is 1. The molecule has 4 rings (SSSR count). The summed E-state index contributed by atoms with van der Waals surface area (Å²) in [4.78, 5) is 1.88. The van der Waals surface area contributed by atoms with Crippen molar-refractivity contribution in [3.63, 3.8) is 0 Å². The normalized spacial score (nSPS) is 11.5. The average Bonchev–Trinajstić information content (AvgIpc) is 3.20. The molecule has 112 valence electrons. The van der Waals surface area contributed by atoms with Gasteiger partial charge in [-0.1, -0.05) is 24.3 Å². The van der Waals surface area contributed by atoms with Gasteiger partial charge in [0.25, 0.3) is 0 Å². The van der Waals surface area contributed by atoms with E-state index in [1.807, 2.05) is 33.6 Å². The van der Waals surface area contributed by atoms with E-state index < -0.39 is 0 Å². The first-order valence-corrected chi connectivity index (χ1v) is 8.77. The Kier molecular flexibility index (Phi) is 3.27. The topological polar surface area (TPSA) is 60.9 Å².